The highest BCUT2D eigenvalue weighted by molar-refractivity contribution is 8.18. The van der Waals surface area contributed by atoms with Gasteiger partial charge in [0, 0.05) is 5.69 Å². The van der Waals surface area contributed by atoms with Gasteiger partial charge in [-0.3, -0.25) is 19.3 Å². The number of amides is 3. The van der Waals surface area contributed by atoms with Crippen LogP contribution in [0.4, 0.5) is 23.7 Å². The van der Waals surface area contributed by atoms with Gasteiger partial charge in [-0.25, -0.2) is 0 Å². The monoisotopic (exact) mass is 492 g/mol. The van der Waals surface area contributed by atoms with Crippen LogP contribution in [0.2, 0.25) is 0 Å². The van der Waals surface area contributed by atoms with Crippen LogP contribution in [0.15, 0.2) is 41.3 Å². The Kier molecular flexibility index (Phi) is 7.40. The first-order chi connectivity index (χ1) is 15.9. The molecular weight excluding hydrogens is 469 g/mol. The minimum Gasteiger partial charge on any atom is -0.496 e. The van der Waals surface area contributed by atoms with Crippen molar-refractivity contribution < 1.29 is 32.3 Å². The summed E-state index contributed by atoms with van der Waals surface area (Å²) in [4.78, 5) is 38.5. The van der Waals surface area contributed by atoms with Gasteiger partial charge in [0.2, 0.25) is 5.91 Å². The molecule has 1 saturated heterocycles. The van der Waals surface area contributed by atoms with E-state index >= 15 is 0 Å². The minimum atomic E-state index is -4.56. The lowest BCUT2D eigenvalue weighted by Crippen LogP contribution is -2.36. The summed E-state index contributed by atoms with van der Waals surface area (Å²) in [6.45, 7) is 5.25. The predicted octanol–water partition coefficient (Wildman–Crippen LogP) is 5.82. The fraction of sp³-hybridized carbons (Fsp3) is 0.292. The number of carbonyl (C=O) groups excluding carboxylic acids is 3. The summed E-state index contributed by atoms with van der Waals surface area (Å²) in [6, 6.07) is 7.86. The van der Waals surface area contributed by atoms with E-state index in [0.717, 1.165) is 45.5 Å². The third-order valence-corrected chi connectivity index (χ3v) is 6.08. The van der Waals surface area contributed by atoms with E-state index in [-0.39, 0.29) is 16.5 Å². The number of carbonyl (C=O) groups is 3. The number of benzene rings is 2. The van der Waals surface area contributed by atoms with Crippen LogP contribution >= 0.6 is 11.8 Å². The molecule has 0 saturated carbocycles. The first kappa shape index (κ1) is 25.4. The predicted molar refractivity (Wildman–Crippen MR) is 125 cm³/mol. The van der Waals surface area contributed by atoms with Crippen LogP contribution < -0.4 is 10.1 Å². The summed E-state index contributed by atoms with van der Waals surface area (Å²) in [5.74, 6) is -0.539. The van der Waals surface area contributed by atoms with Crippen LogP contribution in [0.5, 0.6) is 5.75 Å². The number of methoxy groups -OCH3 is 1. The molecule has 0 spiro atoms. The van der Waals surface area contributed by atoms with Crippen molar-refractivity contribution >= 4 is 40.6 Å². The number of hydrogen-bond acceptors (Lipinski definition) is 5. The summed E-state index contributed by atoms with van der Waals surface area (Å²) in [5.41, 5.74) is 1.52. The average molecular weight is 493 g/mol. The molecule has 0 bridgehead atoms. The van der Waals surface area contributed by atoms with Crippen molar-refractivity contribution in [1.29, 1.82) is 0 Å². The number of ether oxygens (including phenoxy) is 1. The van der Waals surface area contributed by atoms with Crippen LogP contribution in [-0.2, 0) is 15.8 Å². The Labute approximate surface area is 199 Å². The van der Waals surface area contributed by atoms with Gasteiger partial charge in [-0.2, -0.15) is 13.2 Å². The van der Waals surface area contributed by atoms with Crippen molar-refractivity contribution in [3.63, 3.8) is 0 Å². The molecule has 0 atom stereocenters. The van der Waals surface area contributed by atoms with Crippen LogP contribution in [0.25, 0.3) is 6.08 Å². The number of alkyl halides is 3. The molecule has 1 heterocycles. The molecule has 0 aromatic heterocycles. The zero-order valence-electron chi connectivity index (χ0n) is 18.9. The van der Waals surface area contributed by atoms with E-state index in [1.807, 2.05) is 32.9 Å². The number of anilines is 1. The molecule has 2 aromatic rings. The summed E-state index contributed by atoms with van der Waals surface area (Å²) in [6.07, 6.45) is -2.97. The molecule has 6 nitrogen and oxygen atoms in total. The number of halogens is 3. The van der Waals surface area contributed by atoms with Crippen molar-refractivity contribution in [3.8, 4) is 5.75 Å². The van der Waals surface area contributed by atoms with Crippen molar-refractivity contribution in [1.82, 2.24) is 4.90 Å². The number of thioether (sulfide) groups is 1. The van der Waals surface area contributed by atoms with Gasteiger partial charge in [0.05, 0.1) is 17.6 Å². The molecule has 3 amide bonds. The van der Waals surface area contributed by atoms with Crippen LogP contribution in [0.1, 0.15) is 42.0 Å². The highest BCUT2D eigenvalue weighted by Gasteiger charge is 2.36. The highest BCUT2D eigenvalue weighted by Crippen LogP contribution is 2.35. The normalized spacial score (nSPS) is 15.4. The smallest absolute Gasteiger partial charge is 0.416 e. The number of nitrogens with zero attached hydrogens (tertiary/aromatic N) is 1. The van der Waals surface area contributed by atoms with Gasteiger partial charge >= 0.3 is 6.18 Å². The Morgan fingerprint density at radius 2 is 1.91 bits per heavy atom. The van der Waals surface area contributed by atoms with Crippen molar-refractivity contribution in [2.24, 2.45) is 0 Å². The van der Waals surface area contributed by atoms with Gasteiger partial charge in [0.1, 0.15) is 12.3 Å². The number of rotatable bonds is 6. The molecule has 0 unspecified atom stereocenters. The summed E-state index contributed by atoms with van der Waals surface area (Å²) in [5, 5.41) is 1.67. The molecule has 1 fully saturated rings. The van der Waals surface area contributed by atoms with E-state index in [1.54, 1.807) is 13.2 Å². The number of hydrogen-bond donors (Lipinski definition) is 1. The Morgan fingerprint density at radius 3 is 2.53 bits per heavy atom. The van der Waals surface area contributed by atoms with E-state index < -0.39 is 35.3 Å². The summed E-state index contributed by atoms with van der Waals surface area (Å²) in [7, 11) is 1.58. The SMILES string of the molecule is COc1cc(C)c(/C=C2\SC(=O)N(CC(=O)Nc3cccc(C(F)(F)F)c3)C2=O)cc1C(C)C. The average Bonchev–Trinajstić information content (AvgIpc) is 3.01. The van der Waals surface area contributed by atoms with Gasteiger partial charge in [0.15, 0.2) is 0 Å². The third-order valence-electron chi connectivity index (χ3n) is 5.18. The topological polar surface area (TPSA) is 75.7 Å². The first-order valence-corrected chi connectivity index (χ1v) is 11.1. The molecule has 10 heteroatoms. The fourth-order valence-electron chi connectivity index (χ4n) is 3.39. The maximum Gasteiger partial charge on any atom is 0.416 e. The van der Waals surface area contributed by atoms with Gasteiger partial charge in [0.25, 0.3) is 11.1 Å². The molecule has 2 aromatic carbocycles. The highest BCUT2D eigenvalue weighted by atomic mass is 32.2. The van der Waals surface area contributed by atoms with E-state index in [4.69, 9.17) is 4.74 Å². The van der Waals surface area contributed by atoms with E-state index in [9.17, 15) is 27.6 Å². The number of aryl methyl sites for hydroxylation is 1. The van der Waals surface area contributed by atoms with Crippen molar-refractivity contribution in [3.05, 3.63) is 63.6 Å². The second kappa shape index (κ2) is 9.92. The molecule has 34 heavy (non-hydrogen) atoms. The van der Waals surface area contributed by atoms with Gasteiger partial charge < -0.3 is 10.1 Å². The van der Waals surface area contributed by atoms with E-state index in [0.29, 0.717) is 11.8 Å². The molecule has 180 valence electrons. The van der Waals surface area contributed by atoms with Gasteiger partial charge in [-0.1, -0.05) is 19.9 Å². The maximum atomic E-state index is 12.9. The number of nitrogens with one attached hydrogen (secondary N) is 1. The number of imide groups is 1. The summed E-state index contributed by atoms with van der Waals surface area (Å²) < 4.78 is 44.0. The second-order valence-corrected chi connectivity index (χ2v) is 8.99. The zero-order valence-corrected chi connectivity index (χ0v) is 19.8. The molecular formula is C24H23F3N2O4S. The first-order valence-electron chi connectivity index (χ1n) is 10.3. The quantitative estimate of drug-likeness (QED) is 0.514. The van der Waals surface area contributed by atoms with Crippen molar-refractivity contribution in [2.45, 2.75) is 32.9 Å². The standard InChI is InChI=1S/C24H23F3N2O4S/c1-13(2)18-9-15(14(3)8-19(18)33-4)10-20-22(31)29(23(32)34-20)12-21(30)28-17-7-5-6-16(11-17)24(25,26)27/h5-11,13H,12H2,1-4H3,(H,28,30)/b20-10-. The second-order valence-electron chi connectivity index (χ2n) is 8.00. The fourth-order valence-corrected chi connectivity index (χ4v) is 4.22. The molecule has 1 aliphatic rings. The Hall–Kier alpha value is -3.27. The van der Waals surface area contributed by atoms with E-state index in [1.165, 1.54) is 6.07 Å². The molecule has 0 aliphatic carbocycles. The molecule has 1 N–H and O–H groups in total. The summed E-state index contributed by atoms with van der Waals surface area (Å²) >= 11 is 0.702. The van der Waals surface area contributed by atoms with E-state index in [2.05, 4.69) is 5.32 Å². The largest absolute Gasteiger partial charge is 0.496 e. The Balaban J connectivity index is 1.77. The minimum absolute atomic E-state index is 0.0857. The zero-order chi connectivity index (χ0) is 25.2. The molecule has 1 aliphatic heterocycles. The Bertz CT molecular complexity index is 1180. The van der Waals surface area contributed by atoms with Crippen LogP contribution in [-0.4, -0.2) is 35.6 Å². The van der Waals surface area contributed by atoms with Crippen LogP contribution in [0.3, 0.4) is 0 Å². The molecule has 0 radical (unpaired) electrons. The lowest BCUT2D eigenvalue weighted by atomic mass is 9.96. The maximum absolute atomic E-state index is 12.9. The molecule has 3 rings (SSSR count). The van der Waals surface area contributed by atoms with Gasteiger partial charge in [-0.15, -0.1) is 0 Å². The van der Waals surface area contributed by atoms with Gasteiger partial charge in [-0.05, 0) is 77.7 Å². The lowest BCUT2D eigenvalue weighted by molar-refractivity contribution is -0.137. The Morgan fingerprint density at radius 1 is 1.21 bits per heavy atom. The third kappa shape index (κ3) is 5.61. The van der Waals surface area contributed by atoms with Crippen LogP contribution in [0, 0.1) is 6.92 Å². The van der Waals surface area contributed by atoms with Crippen molar-refractivity contribution in [2.75, 3.05) is 19.0 Å². The lowest BCUT2D eigenvalue weighted by Gasteiger charge is -2.15.